The minimum atomic E-state index is 0.358. The lowest BCUT2D eigenvalue weighted by Crippen LogP contribution is -2.03. The van der Waals surface area contributed by atoms with Gasteiger partial charge >= 0.3 is 0 Å². The van der Waals surface area contributed by atoms with Gasteiger partial charge in [-0.2, -0.15) is 5.26 Å². The predicted molar refractivity (Wildman–Crippen MR) is 80.6 cm³/mol. The molecule has 1 aromatic heterocycles. The van der Waals surface area contributed by atoms with Gasteiger partial charge in [0.2, 0.25) is 0 Å². The average molecular weight is 278 g/mol. The molecule has 2 N–H and O–H groups in total. The van der Waals surface area contributed by atoms with Crippen molar-refractivity contribution in [1.82, 2.24) is 9.55 Å². The second-order valence-corrected chi connectivity index (χ2v) is 4.76. The molecule has 0 radical (unpaired) electrons. The van der Waals surface area contributed by atoms with Gasteiger partial charge in [0.15, 0.2) is 0 Å². The Kier molecular flexibility index (Phi) is 3.20. The number of rotatable bonds is 3. The second-order valence-electron chi connectivity index (χ2n) is 4.76. The Morgan fingerprint density at radius 3 is 2.71 bits per heavy atom. The zero-order valence-electron chi connectivity index (χ0n) is 11.6. The van der Waals surface area contributed by atoms with E-state index < -0.39 is 0 Å². The Balaban J connectivity index is 1.81. The van der Waals surface area contributed by atoms with Gasteiger partial charge in [-0.25, -0.2) is 4.98 Å². The van der Waals surface area contributed by atoms with Gasteiger partial charge in [0.25, 0.3) is 0 Å². The third kappa shape index (κ3) is 2.51. The highest BCUT2D eigenvalue weighted by molar-refractivity contribution is 5.79. The summed E-state index contributed by atoms with van der Waals surface area (Å²) in [6.07, 6.45) is 0. The molecule has 0 atom stereocenters. The predicted octanol–water partition coefficient (Wildman–Crippen LogP) is 2.61. The lowest BCUT2D eigenvalue weighted by molar-refractivity contribution is 0.292. The molecule has 0 saturated carbocycles. The zero-order chi connectivity index (χ0) is 14.8. The van der Waals surface area contributed by atoms with Crippen molar-refractivity contribution in [2.75, 3.05) is 5.73 Å². The molecule has 0 bridgehead atoms. The van der Waals surface area contributed by atoms with Crippen LogP contribution < -0.4 is 10.5 Å². The number of ether oxygens (including phenoxy) is 1. The van der Waals surface area contributed by atoms with Gasteiger partial charge in [0.05, 0.1) is 22.7 Å². The van der Waals surface area contributed by atoms with E-state index in [1.807, 2.05) is 29.8 Å². The summed E-state index contributed by atoms with van der Waals surface area (Å²) < 4.78 is 7.69. The standard InChI is InChI=1S/C16H14N4O/c1-20-15-7-4-12(18)8-14(15)19-16(20)10-21-13-5-2-11(9-17)3-6-13/h2-8H,10,18H2,1H3. The third-order valence-electron chi connectivity index (χ3n) is 3.35. The molecule has 0 aliphatic rings. The number of nitrogen functional groups attached to an aromatic ring is 1. The summed E-state index contributed by atoms with van der Waals surface area (Å²) in [7, 11) is 1.95. The molecule has 3 rings (SSSR count). The van der Waals surface area contributed by atoms with Crippen LogP contribution in [0.2, 0.25) is 0 Å². The molecular weight excluding hydrogens is 264 g/mol. The van der Waals surface area contributed by atoms with Crippen molar-refractivity contribution in [3.63, 3.8) is 0 Å². The Hall–Kier alpha value is -3.00. The molecule has 0 unspecified atom stereocenters. The Bertz CT molecular complexity index is 828. The van der Waals surface area contributed by atoms with E-state index >= 15 is 0 Å². The molecule has 0 fully saturated rings. The zero-order valence-corrected chi connectivity index (χ0v) is 11.6. The smallest absolute Gasteiger partial charge is 0.147 e. The average Bonchev–Trinajstić information content (AvgIpc) is 2.81. The third-order valence-corrected chi connectivity index (χ3v) is 3.35. The van der Waals surface area contributed by atoms with E-state index in [4.69, 9.17) is 15.7 Å². The van der Waals surface area contributed by atoms with Crippen LogP contribution in [0.1, 0.15) is 11.4 Å². The summed E-state index contributed by atoms with van der Waals surface area (Å²) in [6.45, 7) is 0.358. The Labute approximate surface area is 122 Å². The molecule has 0 aliphatic carbocycles. The number of nitrogens with zero attached hydrogens (tertiary/aromatic N) is 3. The summed E-state index contributed by atoms with van der Waals surface area (Å²) in [6, 6.07) is 14.7. The molecule has 0 amide bonds. The fourth-order valence-electron chi connectivity index (χ4n) is 2.17. The van der Waals surface area contributed by atoms with Crippen molar-refractivity contribution >= 4 is 16.7 Å². The Morgan fingerprint density at radius 1 is 1.24 bits per heavy atom. The molecule has 0 spiro atoms. The molecule has 5 heteroatoms. The number of nitriles is 1. The van der Waals surface area contributed by atoms with Crippen LogP contribution in [0.15, 0.2) is 42.5 Å². The van der Waals surface area contributed by atoms with Gasteiger partial charge in [-0.15, -0.1) is 0 Å². The number of aromatic nitrogens is 2. The molecule has 104 valence electrons. The summed E-state index contributed by atoms with van der Waals surface area (Å²) in [4.78, 5) is 4.53. The second kappa shape index (κ2) is 5.17. The highest BCUT2D eigenvalue weighted by Gasteiger charge is 2.08. The van der Waals surface area contributed by atoms with Gasteiger partial charge in [-0.1, -0.05) is 0 Å². The van der Waals surface area contributed by atoms with Crippen molar-refractivity contribution in [2.24, 2.45) is 7.05 Å². The van der Waals surface area contributed by atoms with E-state index in [-0.39, 0.29) is 0 Å². The lowest BCUT2D eigenvalue weighted by Gasteiger charge is -2.06. The van der Waals surface area contributed by atoms with Gasteiger partial charge < -0.3 is 15.0 Å². The normalized spacial score (nSPS) is 10.5. The molecule has 21 heavy (non-hydrogen) atoms. The maximum absolute atomic E-state index is 8.76. The van der Waals surface area contributed by atoms with Crippen molar-refractivity contribution in [2.45, 2.75) is 6.61 Å². The molecule has 3 aromatic rings. The summed E-state index contributed by atoms with van der Waals surface area (Å²) in [5.41, 5.74) is 8.95. The van der Waals surface area contributed by atoms with Crippen molar-refractivity contribution < 1.29 is 4.74 Å². The highest BCUT2D eigenvalue weighted by Crippen LogP contribution is 2.19. The van der Waals surface area contributed by atoms with Crippen LogP contribution in [0.4, 0.5) is 5.69 Å². The van der Waals surface area contributed by atoms with Gasteiger partial charge in [0.1, 0.15) is 18.2 Å². The number of benzene rings is 2. The molecule has 2 aromatic carbocycles. The highest BCUT2D eigenvalue weighted by atomic mass is 16.5. The fourth-order valence-corrected chi connectivity index (χ4v) is 2.17. The molecular formula is C16H14N4O. The first-order chi connectivity index (χ1) is 10.2. The molecule has 0 aliphatic heterocycles. The van der Waals surface area contributed by atoms with Crippen molar-refractivity contribution in [3.8, 4) is 11.8 Å². The quantitative estimate of drug-likeness (QED) is 0.747. The largest absolute Gasteiger partial charge is 0.486 e. The van der Waals surface area contributed by atoms with Gasteiger partial charge in [-0.3, -0.25) is 0 Å². The summed E-state index contributed by atoms with van der Waals surface area (Å²) in [5, 5.41) is 8.76. The van der Waals surface area contributed by atoms with E-state index in [0.717, 1.165) is 16.9 Å². The molecule has 0 saturated heterocycles. The van der Waals surface area contributed by atoms with Crippen LogP contribution in [-0.2, 0) is 13.7 Å². The van der Waals surface area contributed by atoms with E-state index in [9.17, 15) is 0 Å². The van der Waals surface area contributed by atoms with Crippen LogP contribution in [0, 0.1) is 11.3 Å². The van der Waals surface area contributed by atoms with Crippen LogP contribution in [0.3, 0.4) is 0 Å². The number of fused-ring (bicyclic) bond motifs is 1. The number of nitrogens with two attached hydrogens (primary N) is 1. The first-order valence-corrected chi connectivity index (χ1v) is 6.51. The first kappa shape index (κ1) is 13.0. The van der Waals surface area contributed by atoms with E-state index in [1.54, 1.807) is 24.3 Å². The number of imidazole rings is 1. The van der Waals surface area contributed by atoms with E-state index in [0.29, 0.717) is 23.6 Å². The van der Waals surface area contributed by atoms with Crippen molar-refractivity contribution in [1.29, 1.82) is 5.26 Å². The number of aryl methyl sites for hydroxylation is 1. The minimum absolute atomic E-state index is 0.358. The van der Waals surface area contributed by atoms with Gasteiger partial charge in [0, 0.05) is 12.7 Å². The van der Waals surface area contributed by atoms with Crippen LogP contribution >= 0.6 is 0 Å². The lowest BCUT2D eigenvalue weighted by atomic mass is 10.2. The number of hydrogen-bond donors (Lipinski definition) is 1. The van der Waals surface area contributed by atoms with Gasteiger partial charge in [-0.05, 0) is 42.5 Å². The summed E-state index contributed by atoms with van der Waals surface area (Å²) in [5.74, 6) is 1.53. The maximum atomic E-state index is 8.76. The monoisotopic (exact) mass is 278 g/mol. The molecule has 1 heterocycles. The minimum Gasteiger partial charge on any atom is -0.486 e. The Morgan fingerprint density at radius 2 is 2.00 bits per heavy atom. The maximum Gasteiger partial charge on any atom is 0.147 e. The fraction of sp³-hybridized carbons (Fsp3) is 0.125. The van der Waals surface area contributed by atoms with Crippen LogP contribution in [0.5, 0.6) is 5.75 Å². The van der Waals surface area contributed by atoms with E-state index in [1.165, 1.54) is 0 Å². The molecule has 5 nitrogen and oxygen atoms in total. The topological polar surface area (TPSA) is 76.9 Å². The SMILES string of the molecule is Cn1c(COc2ccc(C#N)cc2)nc2cc(N)ccc21. The summed E-state index contributed by atoms with van der Waals surface area (Å²) >= 11 is 0. The number of hydrogen-bond acceptors (Lipinski definition) is 4. The first-order valence-electron chi connectivity index (χ1n) is 6.51. The van der Waals surface area contributed by atoms with Crippen molar-refractivity contribution in [3.05, 3.63) is 53.9 Å². The van der Waals surface area contributed by atoms with Crippen LogP contribution in [0.25, 0.3) is 11.0 Å². The van der Waals surface area contributed by atoms with E-state index in [2.05, 4.69) is 11.1 Å². The number of anilines is 1. The van der Waals surface area contributed by atoms with Crippen LogP contribution in [-0.4, -0.2) is 9.55 Å².